The second-order valence-electron chi connectivity index (χ2n) is 8.43. The van der Waals surface area contributed by atoms with Crippen molar-refractivity contribution in [1.82, 2.24) is 19.9 Å². The number of rotatable bonds is 7. The molecule has 4 aromatic rings. The second-order valence-corrected chi connectivity index (χ2v) is 8.43. The van der Waals surface area contributed by atoms with Crippen LogP contribution in [0.15, 0.2) is 47.1 Å². The minimum Gasteiger partial charge on any atom is -0.550 e. The molecule has 0 bridgehead atoms. The number of aromatic nitrogens is 4. The van der Waals surface area contributed by atoms with E-state index in [0.717, 1.165) is 41.5 Å². The number of carbonyl (C=O) groups is 1. The first-order chi connectivity index (χ1) is 16.1. The number of anilines is 1. The first-order valence-electron chi connectivity index (χ1n) is 11.5. The lowest BCUT2D eigenvalue weighted by atomic mass is 10.0. The number of carbonyl (C=O) groups excluding carboxylic acids is 1. The topological polar surface area (TPSA) is 100 Å². The van der Waals surface area contributed by atoms with Crippen LogP contribution in [0.3, 0.4) is 0 Å². The predicted octanol–water partition coefficient (Wildman–Crippen LogP) is 3.45. The molecule has 1 fully saturated rings. The van der Waals surface area contributed by atoms with Crippen molar-refractivity contribution in [3.63, 3.8) is 0 Å². The fourth-order valence-corrected chi connectivity index (χ4v) is 4.50. The predicted molar refractivity (Wildman–Crippen MR) is 124 cm³/mol. The number of hydrogen-bond acceptors (Lipinski definition) is 7. The molecule has 2 aromatic heterocycles. The summed E-state index contributed by atoms with van der Waals surface area (Å²) in [6.45, 7) is 4.67. The van der Waals surface area contributed by atoms with Crippen LogP contribution in [0.1, 0.15) is 38.2 Å². The van der Waals surface area contributed by atoms with Gasteiger partial charge in [-0.15, -0.1) is 0 Å². The summed E-state index contributed by atoms with van der Waals surface area (Å²) in [6, 6.07) is 12.1. The van der Waals surface area contributed by atoms with E-state index in [1.807, 2.05) is 18.2 Å². The Kier molecular flexibility index (Phi) is 5.81. The zero-order chi connectivity index (χ0) is 22.8. The third-order valence-electron chi connectivity index (χ3n) is 6.26. The van der Waals surface area contributed by atoms with Gasteiger partial charge in [-0.2, -0.15) is 10.1 Å². The number of aliphatic carboxylic acids is 1. The van der Waals surface area contributed by atoms with Crippen molar-refractivity contribution in [2.45, 2.75) is 45.6 Å². The molecular formula is C25H26N5O3-. The lowest BCUT2D eigenvalue weighted by molar-refractivity contribution is -0.305. The highest BCUT2D eigenvalue weighted by atomic mass is 16.5. The maximum Gasteiger partial charge on any atom is 0.258 e. The number of aryl methyl sites for hydroxylation is 2. The van der Waals surface area contributed by atoms with E-state index >= 15 is 0 Å². The molecule has 8 heteroatoms. The van der Waals surface area contributed by atoms with Gasteiger partial charge in [-0.3, -0.25) is 4.68 Å². The van der Waals surface area contributed by atoms with Gasteiger partial charge < -0.3 is 19.3 Å². The highest BCUT2D eigenvalue weighted by Crippen LogP contribution is 2.31. The molecule has 1 aliphatic heterocycles. The molecule has 33 heavy (non-hydrogen) atoms. The lowest BCUT2D eigenvalue weighted by Crippen LogP contribution is -2.30. The number of carboxylic acids is 1. The number of piperidine rings is 1. The fraction of sp³-hybridized carbons (Fsp3) is 0.360. The normalized spacial score (nSPS) is 14.2. The molecule has 0 aliphatic carbocycles. The molecule has 0 saturated carbocycles. The highest BCUT2D eigenvalue weighted by Gasteiger charge is 2.17. The number of nitrogens with zero attached hydrogens (tertiary/aromatic N) is 5. The van der Waals surface area contributed by atoms with Crippen molar-refractivity contribution in [3.05, 3.63) is 48.2 Å². The van der Waals surface area contributed by atoms with E-state index in [9.17, 15) is 9.90 Å². The number of hydrogen-bond donors (Lipinski definition) is 0. The summed E-state index contributed by atoms with van der Waals surface area (Å²) in [5.41, 5.74) is 5.19. The van der Waals surface area contributed by atoms with Gasteiger partial charge >= 0.3 is 0 Å². The van der Waals surface area contributed by atoms with Crippen LogP contribution in [0.5, 0.6) is 0 Å². The molecule has 5 rings (SSSR count). The molecule has 0 spiro atoms. The van der Waals surface area contributed by atoms with E-state index in [1.54, 1.807) is 10.9 Å². The number of benzene rings is 2. The average Bonchev–Trinajstić information content (AvgIpc) is 3.50. The molecule has 0 atom stereocenters. The Labute approximate surface area is 191 Å². The van der Waals surface area contributed by atoms with E-state index in [1.165, 1.54) is 30.5 Å². The molecule has 1 aliphatic rings. The minimum absolute atomic E-state index is 0.0803. The van der Waals surface area contributed by atoms with E-state index in [4.69, 9.17) is 4.52 Å². The molecule has 0 unspecified atom stereocenters. The van der Waals surface area contributed by atoms with Gasteiger partial charge in [-0.1, -0.05) is 12.1 Å². The monoisotopic (exact) mass is 444 g/mol. The highest BCUT2D eigenvalue weighted by molar-refractivity contribution is 5.83. The standard InChI is InChI=1S/C25H27N5O3/c1-2-17-14-19(7-8-21(17)29-11-4-3-5-12-29)25-27-24(28-33-25)18-6-9-22-20(15-18)16-26-30(22)13-10-23(31)32/h6-9,14-16H,2-5,10-13H2,1H3,(H,31,32)/p-1. The Morgan fingerprint density at radius 3 is 2.70 bits per heavy atom. The first kappa shape index (κ1) is 21.2. The van der Waals surface area contributed by atoms with Crippen molar-refractivity contribution in [3.8, 4) is 22.8 Å². The summed E-state index contributed by atoms with van der Waals surface area (Å²) in [6.07, 6.45) is 6.38. The zero-order valence-electron chi connectivity index (χ0n) is 18.7. The van der Waals surface area contributed by atoms with Gasteiger partial charge in [0.2, 0.25) is 5.82 Å². The summed E-state index contributed by atoms with van der Waals surface area (Å²) in [5, 5.41) is 20.1. The summed E-state index contributed by atoms with van der Waals surface area (Å²) < 4.78 is 7.26. The van der Waals surface area contributed by atoms with Gasteiger partial charge in [0.05, 0.1) is 11.7 Å². The van der Waals surface area contributed by atoms with Crippen LogP contribution in [-0.4, -0.2) is 39.0 Å². The minimum atomic E-state index is -1.09. The van der Waals surface area contributed by atoms with Crippen LogP contribution in [0, 0.1) is 0 Å². The third-order valence-corrected chi connectivity index (χ3v) is 6.26. The van der Waals surface area contributed by atoms with E-state index in [2.05, 4.69) is 45.3 Å². The van der Waals surface area contributed by atoms with Gasteiger partial charge in [0, 0.05) is 54.2 Å². The Balaban J connectivity index is 1.39. The van der Waals surface area contributed by atoms with Crippen molar-refractivity contribution in [2.75, 3.05) is 18.0 Å². The summed E-state index contributed by atoms with van der Waals surface area (Å²) in [4.78, 5) is 17.9. The van der Waals surface area contributed by atoms with Crippen LogP contribution in [-0.2, 0) is 17.8 Å². The van der Waals surface area contributed by atoms with Crippen molar-refractivity contribution in [1.29, 1.82) is 0 Å². The molecule has 8 nitrogen and oxygen atoms in total. The zero-order valence-corrected chi connectivity index (χ0v) is 18.7. The lowest BCUT2D eigenvalue weighted by Gasteiger charge is -2.30. The second kappa shape index (κ2) is 9.05. The van der Waals surface area contributed by atoms with Crippen LogP contribution >= 0.6 is 0 Å². The largest absolute Gasteiger partial charge is 0.550 e. The Morgan fingerprint density at radius 1 is 1.09 bits per heavy atom. The number of fused-ring (bicyclic) bond motifs is 1. The summed E-state index contributed by atoms with van der Waals surface area (Å²) in [5.74, 6) is -0.0908. The molecule has 0 amide bonds. The van der Waals surface area contributed by atoms with Crippen LogP contribution in [0.4, 0.5) is 5.69 Å². The third kappa shape index (κ3) is 4.33. The average molecular weight is 445 g/mol. The first-order valence-corrected chi connectivity index (χ1v) is 11.5. The Morgan fingerprint density at radius 2 is 1.91 bits per heavy atom. The van der Waals surface area contributed by atoms with Crippen LogP contribution < -0.4 is 10.0 Å². The quantitative estimate of drug-likeness (QED) is 0.430. The van der Waals surface area contributed by atoms with Gasteiger partial charge in [0.15, 0.2) is 0 Å². The Hall–Kier alpha value is -3.68. The van der Waals surface area contributed by atoms with Crippen molar-refractivity contribution in [2.24, 2.45) is 0 Å². The van der Waals surface area contributed by atoms with Crippen LogP contribution in [0.2, 0.25) is 0 Å². The maximum absolute atomic E-state index is 10.7. The van der Waals surface area contributed by atoms with Gasteiger partial charge in [-0.05, 0) is 67.6 Å². The SMILES string of the molecule is CCc1cc(-c2nc(-c3ccc4c(cnn4CCC(=O)[O-])c3)no2)ccc1N1CCCCC1. The molecule has 170 valence electrons. The van der Waals surface area contributed by atoms with Crippen LogP contribution in [0.25, 0.3) is 33.7 Å². The molecule has 3 heterocycles. The Bertz CT molecular complexity index is 1290. The molecule has 0 N–H and O–H groups in total. The van der Waals surface area contributed by atoms with E-state index in [0.29, 0.717) is 11.7 Å². The van der Waals surface area contributed by atoms with E-state index < -0.39 is 5.97 Å². The van der Waals surface area contributed by atoms with Gasteiger partial charge in [0.1, 0.15) is 0 Å². The van der Waals surface area contributed by atoms with E-state index in [-0.39, 0.29) is 13.0 Å². The summed E-state index contributed by atoms with van der Waals surface area (Å²) >= 11 is 0. The summed E-state index contributed by atoms with van der Waals surface area (Å²) in [7, 11) is 0. The molecule has 1 saturated heterocycles. The van der Waals surface area contributed by atoms with Gasteiger partial charge in [-0.25, -0.2) is 0 Å². The molecule has 2 aromatic carbocycles. The fourth-order valence-electron chi connectivity index (χ4n) is 4.50. The molecular weight excluding hydrogens is 418 g/mol. The van der Waals surface area contributed by atoms with Gasteiger partial charge in [0.25, 0.3) is 5.89 Å². The smallest absolute Gasteiger partial charge is 0.258 e. The number of carboxylic acid groups (broad SMARTS) is 1. The van der Waals surface area contributed by atoms with Crippen molar-refractivity contribution < 1.29 is 14.4 Å². The maximum atomic E-state index is 10.7. The van der Waals surface area contributed by atoms with Crippen molar-refractivity contribution >= 4 is 22.6 Å². The molecule has 0 radical (unpaired) electrons.